The number of phenolic OH excluding ortho intramolecular Hbond substituents is 2. The molecule has 0 aliphatic heterocycles. The van der Waals surface area contributed by atoms with Crippen LogP contribution < -0.4 is 0 Å². The van der Waals surface area contributed by atoms with Crippen molar-refractivity contribution < 1.29 is 28.0 Å². The minimum absolute atomic E-state index is 0.0679. The van der Waals surface area contributed by atoms with E-state index in [0.29, 0.717) is 23.6 Å². The highest BCUT2D eigenvalue weighted by atomic mass is 32.2. The summed E-state index contributed by atoms with van der Waals surface area (Å²) in [5, 5.41) is 19.3. The van der Waals surface area contributed by atoms with Crippen molar-refractivity contribution in [1.82, 2.24) is 0 Å². The Bertz CT molecular complexity index is 1070. The van der Waals surface area contributed by atoms with Gasteiger partial charge in [0.1, 0.15) is 22.5 Å². The lowest BCUT2D eigenvalue weighted by molar-refractivity contribution is -0.129. The maximum Gasteiger partial charge on any atom is 0.273 e. The van der Waals surface area contributed by atoms with E-state index in [2.05, 4.69) is 0 Å². The number of fused-ring (bicyclic) bond motifs is 3. The molecular weight excluding hydrogens is 368 g/mol. The normalized spacial score (nSPS) is 28.0. The van der Waals surface area contributed by atoms with E-state index in [4.69, 9.17) is 0 Å². The minimum atomic E-state index is -4.65. The molecule has 0 radical (unpaired) electrons. The second-order valence-electron chi connectivity index (χ2n) is 8.35. The topological polar surface area (TPSA) is 112 Å². The SMILES string of the molecule is CC1(C)C2CCC1(C(c1ccc(O)c3ccc(O)cc13)S(=O)(=O)O)C(=O)C2. The van der Waals surface area contributed by atoms with Gasteiger partial charge in [0.2, 0.25) is 0 Å². The van der Waals surface area contributed by atoms with Gasteiger partial charge in [0.05, 0.1) is 5.41 Å². The van der Waals surface area contributed by atoms with Crippen LogP contribution in [0.1, 0.15) is 43.9 Å². The lowest BCUT2D eigenvalue weighted by Gasteiger charge is -2.41. The average molecular weight is 390 g/mol. The third-order valence-electron chi connectivity index (χ3n) is 7.03. The quantitative estimate of drug-likeness (QED) is 0.691. The van der Waals surface area contributed by atoms with E-state index in [9.17, 15) is 28.0 Å². The third-order valence-corrected chi connectivity index (χ3v) is 8.28. The van der Waals surface area contributed by atoms with Crippen LogP contribution in [0.3, 0.4) is 0 Å². The van der Waals surface area contributed by atoms with Crippen LogP contribution in [-0.4, -0.2) is 29.0 Å². The van der Waals surface area contributed by atoms with Gasteiger partial charge < -0.3 is 10.2 Å². The number of phenols is 2. The van der Waals surface area contributed by atoms with Gasteiger partial charge in [0.25, 0.3) is 10.1 Å². The maximum absolute atomic E-state index is 13.0. The molecule has 2 fully saturated rings. The summed E-state index contributed by atoms with van der Waals surface area (Å²) in [5.74, 6) is -0.234. The molecule has 2 aromatic carbocycles. The molecule has 3 atom stereocenters. The van der Waals surface area contributed by atoms with Gasteiger partial charge in [-0.3, -0.25) is 9.35 Å². The summed E-state index contributed by atoms with van der Waals surface area (Å²) in [6.45, 7) is 3.79. The molecule has 2 bridgehead atoms. The minimum Gasteiger partial charge on any atom is -0.508 e. The molecule has 2 aliphatic rings. The number of aromatic hydroxyl groups is 2. The molecule has 7 heteroatoms. The van der Waals surface area contributed by atoms with Gasteiger partial charge in [-0.1, -0.05) is 19.9 Å². The average Bonchev–Trinajstić information content (AvgIpc) is 2.91. The number of carbonyl (C=O) groups excluding carboxylic acids is 1. The number of Topliss-reactive ketones (excluding diaryl/α,β-unsaturated/α-hetero) is 1. The Balaban J connectivity index is 2.08. The van der Waals surface area contributed by atoms with Gasteiger partial charge in [0.15, 0.2) is 0 Å². The zero-order valence-corrected chi connectivity index (χ0v) is 16.0. The molecule has 0 spiro atoms. The van der Waals surface area contributed by atoms with Crippen molar-refractivity contribution in [3.8, 4) is 11.5 Å². The first kappa shape index (κ1) is 18.3. The Morgan fingerprint density at radius 3 is 2.37 bits per heavy atom. The Kier molecular flexibility index (Phi) is 3.69. The monoisotopic (exact) mass is 390 g/mol. The molecule has 2 saturated carbocycles. The van der Waals surface area contributed by atoms with E-state index >= 15 is 0 Å². The lowest BCUT2D eigenvalue weighted by atomic mass is 9.65. The second-order valence-corrected chi connectivity index (χ2v) is 9.86. The van der Waals surface area contributed by atoms with Gasteiger partial charge in [-0.25, -0.2) is 0 Å². The largest absolute Gasteiger partial charge is 0.508 e. The standard InChI is InChI=1S/C20H22O6S/c1-19(2)11-7-8-20(19,17(23)9-11)18(27(24,25)26)14-5-6-16(22)13-4-3-12(21)10-15(13)14/h3-6,10-11,18,21-22H,7-9H2,1-2H3,(H,24,25,26). The zero-order valence-electron chi connectivity index (χ0n) is 15.1. The Labute approximate surface area is 157 Å². The second kappa shape index (κ2) is 5.45. The first-order valence-corrected chi connectivity index (χ1v) is 10.4. The van der Waals surface area contributed by atoms with Crippen LogP contribution in [-0.2, 0) is 14.9 Å². The summed E-state index contributed by atoms with van der Waals surface area (Å²) in [6.07, 6.45) is 1.42. The van der Waals surface area contributed by atoms with Crippen molar-refractivity contribution in [2.75, 3.05) is 0 Å². The van der Waals surface area contributed by atoms with Crippen molar-refractivity contribution in [3.05, 3.63) is 35.9 Å². The summed E-state index contributed by atoms with van der Waals surface area (Å²) in [4.78, 5) is 13.0. The first-order chi connectivity index (χ1) is 12.5. The Morgan fingerprint density at radius 2 is 1.81 bits per heavy atom. The van der Waals surface area contributed by atoms with E-state index in [1.807, 2.05) is 13.8 Å². The van der Waals surface area contributed by atoms with Crippen molar-refractivity contribution in [2.24, 2.45) is 16.7 Å². The highest BCUT2D eigenvalue weighted by Gasteiger charge is 2.70. The van der Waals surface area contributed by atoms with E-state index in [0.717, 1.165) is 6.42 Å². The van der Waals surface area contributed by atoms with Crippen LogP contribution in [0.5, 0.6) is 11.5 Å². The number of benzene rings is 2. The van der Waals surface area contributed by atoms with Gasteiger partial charge in [-0.15, -0.1) is 0 Å². The van der Waals surface area contributed by atoms with Crippen molar-refractivity contribution in [3.63, 3.8) is 0 Å². The van der Waals surface area contributed by atoms with Gasteiger partial charge in [-0.2, -0.15) is 8.42 Å². The number of hydrogen-bond donors (Lipinski definition) is 3. The maximum atomic E-state index is 13.0. The van der Waals surface area contributed by atoms with Crippen molar-refractivity contribution >= 4 is 26.7 Å². The molecule has 27 heavy (non-hydrogen) atoms. The predicted molar refractivity (Wildman–Crippen MR) is 100 cm³/mol. The van der Waals surface area contributed by atoms with Crippen LogP contribution in [0.15, 0.2) is 30.3 Å². The fourth-order valence-electron chi connectivity index (χ4n) is 5.58. The van der Waals surface area contributed by atoms with E-state index < -0.39 is 26.2 Å². The lowest BCUT2D eigenvalue weighted by Crippen LogP contribution is -2.44. The van der Waals surface area contributed by atoms with Gasteiger partial charge in [-0.05, 0) is 59.4 Å². The van der Waals surface area contributed by atoms with Crippen molar-refractivity contribution in [2.45, 2.75) is 38.4 Å². The molecule has 6 nitrogen and oxygen atoms in total. The fourth-order valence-corrected chi connectivity index (χ4v) is 7.17. The molecule has 0 aromatic heterocycles. The Morgan fingerprint density at radius 1 is 1.11 bits per heavy atom. The molecule has 2 aromatic rings. The first-order valence-electron chi connectivity index (χ1n) is 8.94. The molecule has 3 unspecified atom stereocenters. The molecule has 0 heterocycles. The summed E-state index contributed by atoms with van der Waals surface area (Å²) in [5.41, 5.74) is -1.60. The smallest absolute Gasteiger partial charge is 0.273 e. The number of carbonyl (C=O) groups is 1. The number of ketones is 1. The fraction of sp³-hybridized carbons (Fsp3) is 0.450. The highest BCUT2D eigenvalue weighted by Crippen LogP contribution is 2.70. The van der Waals surface area contributed by atoms with Crippen molar-refractivity contribution in [1.29, 1.82) is 0 Å². The molecule has 3 N–H and O–H groups in total. The molecule has 144 valence electrons. The van der Waals surface area contributed by atoms with Gasteiger partial charge >= 0.3 is 0 Å². The van der Waals surface area contributed by atoms with Crippen LogP contribution in [0, 0.1) is 16.7 Å². The summed E-state index contributed by atoms with van der Waals surface area (Å²) < 4.78 is 35.5. The third kappa shape index (κ3) is 2.28. The molecule has 4 rings (SSSR count). The molecule has 0 saturated heterocycles. The molecule has 0 amide bonds. The molecule has 2 aliphatic carbocycles. The van der Waals surface area contributed by atoms with Crippen LogP contribution in [0.2, 0.25) is 0 Å². The number of rotatable bonds is 3. The highest BCUT2D eigenvalue weighted by molar-refractivity contribution is 7.86. The predicted octanol–water partition coefficient (Wildman–Crippen LogP) is 3.58. The summed E-state index contributed by atoms with van der Waals surface area (Å²) >= 11 is 0. The summed E-state index contributed by atoms with van der Waals surface area (Å²) in [6, 6.07) is 7.03. The Hall–Kier alpha value is -2.12. The summed E-state index contributed by atoms with van der Waals surface area (Å²) in [7, 11) is -4.65. The van der Waals surface area contributed by atoms with E-state index in [1.54, 1.807) is 0 Å². The van der Waals surface area contributed by atoms with Crippen LogP contribution in [0.4, 0.5) is 0 Å². The van der Waals surface area contributed by atoms with Gasteiger partial charge in [0, 0.05) is 11.8 Å². The van der Waals surface area contributed by atoms with E-state index in [-0.39, 0.29) is 28.8 Å². The molecular formula is C20H22O6S. The van der Waals surface area contributed by atoms with E-state index in [1.165, 1.54) is 30.3 Å². The van der Waals surface area contributed by atoms with Crippen LogP contribution in [0.25, 0.3) is 10.8 Å². The van der Waals surface area contributed by atoms with Crippen LogP contribution >= 0.6 is 0 Å². The zero-order chi connectivity index (χ0) is 19.8. The number of hydrogen-bond acceptors (Lipinski definition) is 5.